The Balaban J connectivity index is 1.07. The van der Waals surface area contributed by atoms with E-state index in [1.807, 2.05) is 18.6 Å². The van der Waals surface area contributed by atoms with Crippen LogP contribution in [-0.2, 0) is 0 Å². The topological polar surface area (TPSA) is 45.8 Å². The molecule has 2 atom stereocenters. The van der Waals surface area contributed by atoms with Gasteiger partial charge in [0.15, 0.2) is 0 Å². The van der Waals surface area contributed by atoms with E-state index in [0.717, 1.165) is 66.7 Å². The van der Waals surface area contributed by atoms with Gasteiger partial charge in [-0.1, -0.05) is 97.1 Å². The zero-order chi connectivity index (χ0) is 37.0. The van der Waals surface area contributed by atoms with Crippen molar-refractivity contribution in [2.24, 2.45) is 9.98 Å². The van der Waals surface area contributed by atoms with Gasteiger partial charge in [-0.05, 0) is 114 Å². The molecule has 4 aliphatic rings. The van der Waals surface area contributed by atoms with Crippen LogP contribution in [0.1, 0.15) is 55.0 Å². The number of hydrogen-bond acceptors (Lipinski definition) is 4. The van der Waals surface area contributed by atoms with Crippen LogP contribution in [0.15, 0.2) is 162 Å². The van der Waals surface area contributed by atoms with E-state index in [9.17, 15) is 0 Å². The van der Waals surface area contributed by atoms with E-state index in [1.165, 1.54) is 61.1 Å². The van der Waals surface area contributed by atoms with Crippen molar-refractivity contribution in [3.05, 3.63) is 169 Å². The van der Waals surface area contributed by atoms with Crippen LogP contribution in [0.5, 0.6) is 0 Å². The van der Waals surface area contributed by atoms with Crippen molar-refractivity contribution >= 4 is 56.8 Å². The molecule has 7 aromatic rings. The summed E-state index contributed by atoms with van der Waals surface area (Å²) in [5, 5.41) is 2.54. The predicted molar refractivity (Wildman–Crippen MR) is 235 cm³/mol. The Morgan fingerprint density at radius 1 is 0.625 bits per heavy atom. The van der Waals surface area contributed by atoms with Gasteiger partial charge in [-0.25, -0.2) is 4.98 Å². The molecule has 0 fully saturated rings. The number of dihydropyridines is 1. The molecule has 0 bridgehead atoms. The van der Waals surface area contributed by atoms with Crippen LogP contribution in [0.4, 0.5) is 11.4 Å². The lowest BCUT2D eigenvalue weighted by Gasteiger charge is -2.32. The van der Waals surface area contributed by atoms with Crippen molar-refractivity contribution in [1.82, 2.24) is 9.55 Å². The SMILES string of the molecule is C1=CC2c3ccccc3N(c3cc(-c4ccc(-c5cc(C6=CCCN=C6)nc(C6=CN=CCC6)c5)cc4)cc(-n4c5ccccc5c5ccccc54)c3)C2CC1. The van der Waals surface area contributed by atoms with Crippen molar-refractivity contribution in [2.75, 3.05) is 11.4 Å². The number of allylic oxidation sites excluding steroid dienone is 3. The van der Waals surface area contributed by atoms with Gasteiger partial charge in [0.25, 0.3) is 0 Å². The summed E-state index contributed by atoms with van der Waals surface area (Å²) >= 11 is 0. The number of benzene rings is 5. The molecule has 5 heteroatoms. The van der Waals surface area contributed by atoms with E-state index in [-0.39, 0.29) is 0 Å². The van der Waals surface area contributed by atoms with E-state index in [1.54, 1.807) is 0 Å². The molecule has 2 unspecified atom stereocenters. The molecule has 2 aromatic heterocycles. The Hall–Kier alpha value is -6.59. The number of pyridine rings is 1. The molecule has 1 aliphatic carbocycles. The quantitative estimate of drug-likeness (QED) is 0.160. The molecule has 270 valence electrons. The maximum Gasteiger partial charge on any atom is 0.0727 e. The predicted octanol–water partition coefficient (Wildman–Crippen LogP) is 12.5. The summed E-state index contributed by atoms with van der Waals surface area (Å²) in [7, 11) is 0. The van der Waals surface area contributed by atoms with E-state index in [4.69, 9.17) is 4.98 Å². The number of fused-ring (bicyclic) bond motifs is 6. The highest BCUT2D eigenvalue weighted by Gasteiger charge is 2.38. The monoisotopic (exact) mass is 723 g/mol. The van der Waals surface area contributed by atoms with Gasteiger partial charge in [-0.3, -0.25) is 9.98 Å². The molecule has 0 saturated carbocycles. The second-order valence-corrected chi connectivity index (χ2v) is 15.3. The third-order valence-electron chi connectivity index (χ3n) is 12.0. The van der Waals surface area contributed by atoms with Gasteiger partial charge in [0, 0.05) is 70.5 Å². The Labute approximate surface area is 327 Å². The highest BCUT2D eigenvalue weighted by molar-refractivity contribution is 6.10. The zero-order valence-electron chi connectivity index (χ0n) is 31.2. The Kier molecular flexibility index (Phi) is 7.97. The highest BCUT2D eigenvalue weighted by Crippen LogP contribution is 2.50. The summed E-state index contributed by atoms with van der Waals surface area (Å²) in [6.07, 6.45) is 18.0. The van der Waals surface area contributed by atoms with Gasteiger partial charge in [-0.2, -0.15) is 0 Å². The number of aromatic nitrogens is 2. The average Bonchev–Trinajstić information content (AvgIpc) is 3.80. The summed E-state index contributed by atoms with van der Waals surface area (Å²) in [6, 6.07) is 47.8. The van der Waals surface area contributed by atoms with Gasteiger partial charge >= 0.3 is 0 Å². The van der Waals surface area contributed by atoms with Crippen molar-refractivity contribution in [3.63, 3.8) is 0 Å². The third-order valence-corrected chi connectivity index (χ3v) is 12.0. The molecule has 5 aromatic carbocycles. The van der Waals surface area contributed by atoms with Crippen molar-refractivity contribution in [1.29, 1.82) is 0 Å². The summed E-state index contributed by atoms with van der Waals surface area (Å²) < 4.78 is 2.46. The first kappa shape index (κ1) is 32.8. The molecule has 11 rings (SSSR count). The smallest absolute Gasteiger partial charge is 0.0727 e. The van der Waals surface area contributed by atoms with Crippen molar-refractivity contribution in [3.8, 4) is 27.9 Å². The molecule has 5 heterocycles. The molecule has 0 radical (unpaired) electrons. The van der Waals surface area contributed by atoms with Gasteiger partial charge in [0.2, 0.25) is 0 Å². The number of anilines is 2. The Bertz CT molecular complexity index is 2780. The Morgan fingerprint density at radius 2 is 1.34 bits per heavy atom. The first-order chi connectivity index (χ1) is 27.8. The first-order valence-corrected chi connectivity index (χ1v) is 20.0. The number of rotatable bonds is 6. The second kappa shape index (κ2) is 13.6. The second-order valence-electron chi connectivity index (χ2n) is 15.3. The van der Waals surface area contributed by atoms with Crippen LogP contribution in [0.25, 0.3) is 60.9 Å². The van der Waals surface area contributed by atoms with Gasteiger partial charge in [-0.15, -0.1) is 0 Å². The molecule has 5 nitrogen and oxygen atoms in total. The van der Waals surface area contributed by atoms with E-state index >= 15 is 0 Å². The summed E-state index contributed by atoms with van der Waals surface area (Å²) in [5.41, 5.74) is 16.5. The Morgan fingerprint density at radius 3 is 2.09 bits per heavy atom. The fourth-order valence-electron chi connectivity index (χ4n) is 9.39. The maximum absolute atomic E-state index is 5.13. The van der Waals surface area contributed by atoms with E-state index in [0.29, 0.717) is 12.0 Å². The van der Waals surface area contributed by atoms with E-state index < -0.39 is 0 Å². The molecular weight excluding hydrogens is 683 g/mol. The molecular formula is C51H41N5. The molecule has 0 spiro atoms. The number of aliphatic imine (C=N–C) groups is 2. The minimum Gasteiger partial charge on any atom is -0.337 e. The largest absolute Gasteiger partial charge is 0.337 e. The van der Waals surface area contributed by atoms with Crippen molar-refractivity contribution in [2.45, 2.75) is 44.1 Å². The normalized spacial score (nSPS) is 18.6. The van der Waals surface area contributed by atoms with Crippen molar-refractivity contribution < 1.29 is 0 Å². The minimum atomic E-state index is 0.380. The van der Waals surface area contributed by atoms with E-state index in [2.05, 4.69) is 165 Å². The molecule has 0 N–H and O–H groups in total. The van der Waals surface area contributed by atoms with Crippen LogP contribution >= 0.6 is 0 Å². The number of para-hydroxylation sites is 3. The van der Waals surface area contributed by atoms with Gasteiger partial charge in [0.1, 0.15) is 0 Å². The van der Waals surface area contributed by atoms with Crippen LogP contribution in [-0.4, -0.2) is 34.6 Å². The lowest BCUT2D eigenvalue weighted by atomic mass is 9.87. The van der Waals surface area contributed by atoms with Crippen LogP contribution in [0, 0.1) is 0 Å². The molecule has 56 heavy (non-hydrogen) atoms. The summed E-state index contributed by atoms with van der Waals surface area (Å²) in [5.74, 6) is 0.390. The van der Waals surface area contributed by atoms with Crippen LogP contribution in [0.3, 0.4) is 0 Å². The summed E-state index contributed by atoms with van der Waals surface area (Å²) in [6.45, 7) is 0.833. The van der Waals surface area contributed by atoms with Gasteiger partial charge < -0.3 is 9.47 Å². The lowest BCUT2D eigenvalue weighted by Crippen LogP contribution is -2.31. The fraction of sp³-hybridized carbons (Fsp3) is 0.157. The summed E-state index contributed by atoms with van der Waals surface area (Å²) in [4.78, 5) is 16.8. The number of hydrogen-bond donors (Lipinski definition) is 0. The first-order valence-electron chi connectivity index (χ1n) is 20.0. The molecule has 0 amide bonds. The number of nitrogens with zero attached hydrogens (tertiary/aromatic N) is 5. The standard InChI is InChI=1S/C51H41N5/c1-5-17-48-42(13-1)43-14-2-6-18-49(43)55(48)40-27-38(28-41(31-40)56-50-19-7-3-15-44(50)45-16-4-8-20-51(45)56)34-21-23-35(24-22-34)39-29-46(36-11-9-25-52-32-36)54-47(30-39)37-12-10-26-53-33-37/h1-7,11,13-19,21-24,26-33,45,51H,8-10,12,20,25H2. The van der Waals surface area contributed by atoms with Gasteiger partial charge in [0.05, 0.1) is 22.4 Å². The van der Waals surface area contributed by atoms with Crippen LogP contribution in [0.2, 0.25) is 0 Å². The zero-order valence-corrected chi connectivity index (χ0v) is 31.2. The van der Waals surface area contributed by atoms with Crippen LogP contribution < -0.4 is 4.90 Å². The molecule has 0 saturated heterocycles. The average molecular weight is 724 g/mol. The maximum atomic E-state index is 5.13. The molecule has 3 aliphatic heterocycles. The lowest BCUT2D eigenvalue weighted by molar-refractivity contribution is 0.565. The highest BCUT2D eigenvalue weighted by atomic mass is 15.2. The minimum absolute atomic E-state index is 0.380. The fourth-order valence-corrected chi connectivity index (χ4v) is 9.39. The third kappa shape index (κ3) is 5.57.